The Balaban J connectivity index is 2.16. The molecule has 1 unspecified atom stereocenters. The summed E-state index contributed by atoms with van der Waals surface area (Å²) in [6, 6.07) is 7.09. The first-order chi connectivity index (χ1) is 9.55. The van der Waals surface area contributed by atoms with E-state index < -0.39 is 10.0 Å². The first-order valence-electron chi connectivity index (χ1n) is 6.86. The Morgan fingerprint density at radius 1 is 1.35 bits per heavy atom. The zero-order valence-electron chi connectivity index (χ0n) is 12.0. The fraction of sp³-hybridized carbons (Fsp3) is 0.571. The molecule has 0 bridgehead atoms. The number of methoxy groups -OCH3 is 1. The zero-order valence-corrected chi connectivity index (χ0v) is 12.8. The van der Waals surface area contributed by atoms with E-state index in [1.54, 1.807) is 23.5 Å². The lowest BCUT2D eigenvalue weighted by Gasteiger charge is -2.32. The number of hydrogen-bond donors (Lipinski definition) is 1. The minimum Gasteiger partial charge on any atom is -0.384 e. The Morgan fingerprint density at radius 2 is 2.05 bits per heavy atom. The lowest BCUT2D eigenvalue weighted by Crippen LogP contribution is -2.52. The highest BCUT2D eigenvalue weighted by Gasteiger charge is 2.30. The van der Waals surface area contributed by atoms with Crippen molar-refractivity contribution in [2.45, 2.75) is 24.3 Å². The Morgan fingerprint density at radius 3 is 2.65 bits per heavy atom. The Kier molecular flexibility index (Phi) is 5.15. The SMILES string of the molecule is COCCc1ccc(S(=O)(=O)N2CCNCC2C)cc1. The molecule has 2 rings (SSSR count). The lowest BCUT2D eigenvalue weighted by atomic mass is 10.2. The summed E-state index contributed by atoms with van der Waals surface area (Å²) in [5.74, 6) is 0. The minimum absolute atomic E-state index is 0.0121. The van der Waals surface area contributed by atoms with Crippen molar-refractivity contribution in [2.75, 3.05) is 33.4 Å². The minimum atomic E-state index is -3.39. The summed E-state index contributed by atoms with van der Waals surface area (Å²) >= 11 is 0. The van der Waals surface area contributed by atoms with E-state index >= 15 is 0 Å². The van der Waals surface area contributed by atoms with E-state index in [2.05, 4.69) is 5.32 Å². The Hall–Kier alpha value is -0.950. The van der Waals surface area contributed by atoms with Gasteiger partial charge in [0.05, 0.1) is 11.5 Å². The number of nitrogens with zero attached hydrogens (tertiary/aromatic N) is 1. The van der Waals surface area contributed by atoms with E-state index in [0.717, 1.165) is 12.0 Å². The molecule has 1 aromatic rings. The maximum atomic E-state index is 12.6. The van der Waals surface area contributed by atoms with Gasteiger partial charge in [-0.15, -0.1) is 0 Å². The van der Waals surface area contributed by atoms with Gasteiger partial charge in [0.2, 0.25) is 10.0 Å². The summed E-state index contributed by atoms with van der Waals surface area (Å²) in [5.41, 5.74) is 1.08. The van der Waals surface area contributed by atoms with Crippen molar-refractivity contribution < 1.29 is 13.2 Å². The summed E-state index contributed by atoms with van der Waals surface area (Å²) in [6.07, 6.45) is 0.793. The van der Waals surface area contributed by atoms with E-state index in [-0.39, 0.29) is 6.04 Å². The molecule has 0 radical (unpaired) electrons. The van der Waals surface area contributed by atoms with Gasteiger partial charge in [-0.2, -0.15) is 4.31 Å². The van der Waals surface area contributed by atoms with Crippen LogP contribution in [0, 0.1) is 0 Å². The third kappa shape index (κ3) is 3.38. The number of nitrogens with one attached hydrogen (secondary N) is 1. The van der Waals surface area contributed by atoms with Crippen LogP contribution in [-0.4, -0.2) is 52.1 Å². The van der Waals surface area contributed by atoms with Crippen LogP contribution in [0.5, 0.6) is 0 Å². The predicted octanol–water partition coefficient (Wildman–Crippen LogP) is 0.858. The number of benzene rings is 1. The highest BCUT2D eigenvalue weighted by molar-refractivity contribution is 7.89. The third-order valence-electron chi connectivity index (χ3n) is 3.57. The van der Waals surface area contributed by atoms with Gasteiger partial charge in [0, 0.05) is 32.8 Å². The molecule has 1 saturated heterocycles. The first kappa shape index (κ1) is 15.4. The van der Waals surface area contributed by atoms with Gasteiger partial charge in [0.25, 0.3) is 0 Å². The van der Waals surface area contributed by atoms with E-state index in [9.17, 15) is 8.42 Å². The van der Waals surface area contributed by atoms with Crippen LogP contribution in [0.3, 0.4) is 0 Å². The van der Waals surface area contributed by atoms with Crippen LogP contribution in [-0.2, 0) is 21.2 Å². The number of ether oxygens (including phenoxy) is 1. The molecule has 0 saturated carbocycles. The van der Waals surface area contributed by atoms with Crippen molar-refractivity contribution in [3.05, 3.63) is 29.8 Å². The quantitative estimate of drug-likeness (QED) is 0.876. The molecule has 5 nitrogen and oxygen atoms in total. The fourth-order valence-corrected chi connectivity index (χ4v) is 3.99. The molecule has 0 aliphatic carbocycles. The Labute approximate surface area is 121 Å². The summed E-state index contributed by atoms with van der Waals surface area (Å²) in [5, 5.41) is 3.20. The molecular formula is C14H22N2O3S. The smallest absolute Gasteiger partial charge is 0.243 e. The average molecular weight is 298 g/mol. The molecule has 20 heavy (non-hydrogen) atoms. The molecule has 0 spiro atoms. The van der Waals surface area contributed by atoms with Crippen LogP contribution < -0.4 is 5.32 Å². The van der Waals surface area contributed by atoms with Gasteiger partial charge in [-0.05, 0) is 31.0 Å². The summed E-state index contributed by atoms with van der Waals surface area (Å²) in [7, 11) is -1.73. The van der Waals surface area contributed by atoms with Crippen LogP contribution in [0.15, 0.2) is 29.2 Å². The van der Waals surface area contributed by atoms with Crippen LogP contribution in [0.4, 0.5) is 0 Å². The van der Waals surface area contributed by atoms with Crippen LogP contribution in [0.25, 0.3) is 0 Å². The number of rotatable bonds is 5. The maximum Gasteiger partial charge on any atom is 0.243 e. The molecule has 1 N–H and O–H groups in total. The highest BCUT2D eigenvalue weighted by atomic mass is 32.2. The Bertz CT molecular complexity index is 528. The van der Waals surface area contributed by atoms with Crippen molar-refractivity contribution in [1.82, 2.24) is 9.62 Å². The highest BCUT2D eigenvalue weighted by Crippen LogP contribution is 2.19. The first-order valence-corrected chi connectivity index (χ1v) is 8.30. The third-order valence-corrected chi connectivity index (χ3v) is 5.59. The number of hydrogen-bond acceptors (Lipinski definition) is 4. The standard InChI is InChI=1S/C14H22N2O3S/c1-12-11-15-8-9-16(12)20(17,18)14-5-3-13(4-6-14)7-10-19-2/h3-6,12,15H,7-11H2,1-2H3. The second-order valence-corrected chi connectivity index (χ2v) is 6.95. The van der Waals surface area contributed by atoms with Crippen molar-refractivity contribution in [2.24, 2.45) is 0 Å². The van der Waals surface area contributed by atoms with E-state index in [4.69, 9.17) is 4.74 Å². The van der Waals surface area contributed by atoms with Crippen LogP contribution in [0.2, 0.25) is 0 Å². The van der Waals surface area contributed by atoms with Gasteiger partial charge in [0.1, 0.15) is 0 Å². The lowest BCUT2D eigenvalue weighted by molar-refractivity contribution is 0.202. The van der Waals surface area contributed by atoms with Gasteiger partial charge >= 0.3 is 0 Å². The second kappa shape index (κ2) is 6.67. The van der Waals surface area contributed by atoms with Gasteiger partial charge in [-0.25, -0.2) is 8.42 Å². The van der Waals surface area contributed by atoms with Crippen molar-refractivity contribution >= 4 is 10.0 Å². The molecule has 1 aliphatic heterocycles. The van der Waals surface area contributed by atoms with Crippen molar-refractivity contribution in [1.29, 1.82) is 0 Å². The second-order valence-electron chi connectivity index (χ2n) is 5.06. The van der Waals surface area contributed by atoms with Crippen LogP contribution in [0.1, 0.15) is 12.5 Å². The fourth-order valence-electron chi connectivity index (χ4n) is 2.36. The average Bonchev–Trinajstić information content (AvgIpc) is 2.46. The summed E-state index contributed by atoms with van der Waals surface area (Å²) in [4.78, 5) is 0.368. The van der Waals surface area contributed by atoms with Gasteiger partial charge in [-0.3, -0.25) is 0 Å². The molecule has 0 aromatic heterocycles. The van der Waals surface area contributed by atoms with Gasteiger partial charge < -0.3 is 10.1 Å². The van der Waals surface area contributed by atoms with Gasteiger partial charge in [0.15, 0.2) is 0 Å². The van der Waals surface area contributed by atoms with E-state index in [1.807, 2.05) is 19.1 Å². The molecule has 1 aliphatic rings. The summed E-state index contributed by atoms with van der Waals surface area (Å²) < 4.78 is 31.8. The molecule has 1 aromatic carbocycles. The van der Waals surface area contributed by atoms with Crippen molar-refractivity contribution in [3.63, 3.8) is 0 Å². The molecule has 1 heterocycles. The predicted molar refractivity (Wildman–Crippen MR) is 78.2 cm³/mol. The zero-order chi connectivity index (χ0) is 14.6. The van der Waals surface area contributed by atoms with E-state index in [1.165, 1.54) is 0 Å². The molecule has 112 valence electrons. The van der Waals surface area contributed by atoms with E-state index in [0.29, 0.717) is 31.1 Å². The molecule has 0 amide bonds. The van der Waals surface area contributed by atoms with Crippen molar-refractivity contribution in [3.8, 4) is 0 Å². The monoisotopic (exact) mass is 298 g/mol. The molecular weight excluding hydrogens is 276 g/mol. The number of piperazine rings is 1. The molecule has 1 fully saturated rings. The topological polar surface area (TPSA) is 58.6 Å². The van der Waals surface area contributed by atoms with Crippen LogP contribution >= 0.6 is 0 Å². The normalized spacial score (nSPS) is 21.0. The molecule has 1 atom stereocenters. The van der Waals surface area contributed by atoms with Gasteiger partial charge in [-0.1, -0.05) is 12.1 Å². The molecule has 6 heteroatoms. The largest absolute Gasteiger partial charge is 0.384 e. The maximum absolute atomic E-state index is 12.6. The summed E-state index contributed by atoms with van der Waals surface area (Å²) in [6.45, 7) is 4.49. The number of sulfonamides is 1.